The van der Waals surface area contributed by atoms with Gasteiger partial charge in [0.1, 0.15) is 17.7 Å². The van der Waals surface area contributed by atoms with Crippen molar-refractivity contribution in [1.82, 2.24) is 24.6 Å². The fourth-order valence-corrected chi connectivity index (χ4v) is 3.02. The lowest BCUT2D eigenvalue weighted by Crippen LogP contribution is -2.17. The number of halogens is 3. The number of rotatable bonds is 6. The van der Waals surface area contributed by atoms with Gasteiger partial charge in [-0.2, -0.15) is 22.9 Å². The van der Waals surface area contributed by atoms with Crippen LogP contribution in [0, 0.1) is 18.3 Å². The van der Waals surface area contributed by atoms with Crippen LogP contribution in [-0.4, -0.2) is 37.7 Å². The number of benzene rings is 1. The second kappa shape index (κ2) is 8.50. The summed E-state index contributed by atoms with van der Waals surface area (Å²) in [4.78, 5) is 13.0. The third-order valence-electron chi connectivity index (χ3n) is 4.55. The van der Waals surface area contributed by atoms with Crippen molar-refractivity contribution in [3.63, 3.8) is 0 Å². The first-order valence-electron chi connectivity index (χ1n) is 9.59. The maximum Gasteiger partial charge on any atom is 0.416 e. The van der Waals surface area contributed by atoms with Gasteiger partial charge in [0.05, 0.1) is 16.8 Å². The van der Waals surface area contributed by atoms with Gasteiger partial charge in [0, 0.05) is 30.9 Å². The molecule has 0 bridgehead atoms. The summed E-state index contributed by atoms with van der Waals surface area (Å²) >= 11 is 0. The van der Waals surface area contributed by atoms with Crippen LogP contribution < -0.4 is 10.6 Å². The van der Waals surface area contributed by atoms with Crippen LogP contribution in [0.2, 0.25) is 0 Å². The first kappa shape index (κ1) is 21.0. The zero-order valence-corrected chi connectivity index (χ0v) is 16.9. The van der Waals surface area contributed by atoms with Crippen LogP contribution >= 0.6 is 0 Å². The van der Waals surface area contributed by atoms with Gasteiger partial charge < -0.3 is 10.6 Å². The Hall–Kier alpha value is -4.20. The number of alkyl halides is 3. The lowest BCUT2D eigenvalue weighted by atomic mass is 10.1. The van der Waals surface area contributed by atoms with E-state index in [-0.39, 0.29) is 0 Å². The van der Waals surface area contributed by atoms with Gasteiger partial charge in [0.15, 0.2) is 5.65 Å². The molecule has 11 heteroatoms. The molecule has 0 aliphatic carbocycles. The molecule has 4 aromatic rings. The zero-order valence-electron chi connectivity index (χ0n) is 16.9. The van der Waals surface area contributed by atoms with E-state index >= 15 is 0 Å². The monoisotopic (exact) mass is 438 g/mol. The molecule has 0 saturated heterocycles. The Kier molecular flexibility index (Phi) is 5.59. The Morgan fingerprint density at radius 2 is 1.78 bits per heavy atom. The molecule has 0 spiro atoms. The molecule has 0 aliphatic heterocycles. The first-order valence-corrected chi connectivity index (χ1v) is 9.59. The molecule has 0 unspecified atom stereocenters. The Bertz CT molecular complexity index is 1270. The number of nitrogens with zero attached hydrogens (tertiary/aromatic N) is 6. The smallest absolute Gasteiger partial charge is 0.368 e. The number of aromatic nitrogens is 5. The molecule has 4 rings (SSSR count). The molecule has 0 radical (unpaired) electrons. The van der Waals surface area contributed by atoms with Crippen LogP contribution in [0.1, 0.15) is 17.0 Å². The van der Waals surface area contributed by atoms with Crippen molar-refractivity contribution in [3.05, 3.63) is 65.6 Å². The SMILES string of the molecule is Cc1nc2cc(-c3ccc(C(F)(F)F)cc3)nc(NCCNc3ccc(C#N)cn3)n2n1. The Labute approximate surface area is 180 Å². The molecule has 0 fully saturated rings. The van der Waals surface area contributed by atoms with Crippen LogP contribution in [0.15, 0.2) is 48.7 Å². The molecule has 162 valence electrons. The van der Waals surface area contributed by atoms with Crippen molar-refractivity contribution in [2.75, 3.05) is 23.7 Å². The third kappa shape index (κ3) is 4.59. The minimum Gasteiger partial charge on any atom is -0.368 e. The fraction of sp³-hybridized carbons (Fsp3) is 0.190. The highest BCUT2D eigenvalue weighted by molar-refractivity contribution is 5.66. The van der Waals surface area contributed by atoms with Crippen molar-refractivity contribution >= 4 is 17.4 Å². The maximum atomic E-state index is 12.9. The summed E-state index contributed by atoms with van der Waals surface area (Å²) in [6.07, 6.45) is -2.92. The average molecular weight is 438 g/mol. The van der Waals surface area contributed by atoms with Gasteiger partial charge in [-0.3, -0.25) is 0 Å². The molecule has 3 aromatic heterocycles. The van der Waals surface area contributed by atoms with E-state index in [1.54, 1.807) is 29.6 Å². The Morgan fingerprint density at radius 3 is 2.44 bits per heavy atom. The number of pyridine rings is 1. The van der Waals surface area contributed by atoms with Gasteiger partial charge in [0.2, 0.25) is 5.95 Å². The molecule has 32 heavy (non-hydrogen) atoms. The van der Waals surface area contributed by atoms with E-state index in [0.29, 0.717) is 53.1 Å². The standard InChI is InChI=1S/C21H17F3N8/c1-13-29-19-10-17(15-3-5-16(6-4-15)21(22,23)24)30-20(32(19)31-13)27-9-8-26-18-7-2-14(11-25)12-28-18/h2-7,10,12H,8-9H2,1H3,(H,26,28)(H,27,30). The van der Waals surface area contributed by atoms with Crippen molar-refractivity contribution in [2.45, 2.75) is 13.1 Å². The largest absolute Gasteiger partial charge is 0.416 e. The summed E-state index contributed by atoms with van der Waals surface area (Å²) in [5, 5.41) is 19.4. The van der Waals surface area contributed by atoms with Gasteiger partial charge >= 0.3 is 6.18 Å². The zero-order chi connectivity index (χ0) is 22.7. The third-order valence-corrected chi connectivity index (χ3v) is 4.55. The molecule has 3 heterocycles. The van der Waals surface area contributed by atoms with E-state index in [4.69, 9.17) is 5.26 Å². The van der Waals surface area contributed by atoms with Crippen molar-refractivity contribution in [2.24, 2.45) is 0 Å². The van der Waals surface area contributed by atoms with E-state index in [1.807, 2.05) is 6.07 Å². The van der Waals surface area contributed by atoms with Crippen LogP contribution in [0.4, 0.5) is 24.9 Å². The van der Waals surface area contributed by atoms with Crippen molar-refractivity contribution in [1.29, 1.82) is 5.26 Å². The second-order valence-corrected chi connectivity index (χ2v) is 6.87. The topological polar surface area (TPSA) is 104 Å². The number of aryl methyl sites for hydroxylation is 1. The fourth-order valence-electron chi connectivity index (χ4n) is 3.02. The second-order valence-electron chi connectivity index (χ2n) is 6.87. The lowest BCUT2D eigenvalue weighted by Gasteiger charge is -2.11. The molecule has 8 nitrogen and oxygen atoms in total. The van der Waals surface area contributed by atoms with Gasteiger partial charge in [-0.15, -0.1) is 5.10 Å². The van der Waals surface area contributed by atoms with Gasteiger partial charge in [0.25, 0.3) is 0 Å². The molecular formula is C21H17F3N8. The Balaban J connectivity index is 1.52. The summed E-state index contributed by atoms with van der Waals surface area (Å²) < 4.78 is 40.1. The summed E-state index contributed by atoms with van der Waals surface area (Å²) in [5.41, 5.74) is 1.28. The molecule has 0 amide bonds. The molecule has 0 saturated carbocycles. The number of hydrogen-bond acceptors (Lipinski definition) is 7. The summed E-state index contributed by atoms with van der Waals surface area (Å²) in [7, 11) is 0. The van der Waals surface area contributed by atoms with Crippen LogP contribution in [0.25, 0.3) is 16.9 Å². The number of hydrogen-bond donors (Lipinski definition) is 2. The number of fused-ring (bicyclic) bond motifs is 1. The minimum atomic E-state index is -4.40. The van der Waals surface area contributed by atoms with E-state index in [1.165, 1.54) is 18.3 Å². The lowest BCUT2D eigenvalue weighted by molar-refractivity contribution is -0.137. The van der Waals surface area contributed by atoms with E-state index in [9.17, 15) is 13.2 Å². The van der Waals surface area contributed by atoms with Gasteiger partial charge in [-0.25, -0.2) is 15.0 Å². The average Bonchev–Trinajstić information content (AvgIpc) is 3.16. The van der Waals surface area contributed by atoms with Gasteiger partial charge in [-0.1, -0.05) is 12.1 Å². The highest BCUT2D eigenvalue weighted by atomic mass is 19.4. The van der Waals surface area contributed by atoms with Crippen LogP contribution in [-0.2, 0) is 6.18 Å². The van der Waals surface area contributed by atoms with Crippen molar-refractivity contribution < 1.29 is 13.2 Å². The van der Waals surface area contributed by atoms with E-state index in [2.05, 4.69) is 30.7 Å². The van der Waals surface area contributed by atoms with Crippen LogP contribution in [0.5, 0.6) is 0 Å². The number of nitrogens with one attached hydrogen (secondary N) is 2. The predicted molar refractivity (Wildman–Crippen MR) is 112 cm³/mol. The summed E-state index contributed by atoms with van der Waals surface area (Å²) in [5.74, 6) is 1.57. The summed E-state index contributed by atoms with van der Waals surface area (Å²) in [6.45, 7) is 2.70. The molecule has 0 atom stereocenters. The molecule has 1 aromatic carbocycles. The number of nitriles is 1. The molecular weight excluding hydrogens is 421 g/mol. The molecule has 2 N–H and O–H groups in total. The summed E-state index contributed by atoms with van der Waals surface area (Å²) in [6, 6.07) is 11.9. The minimum absolute atomic E-state index is 0.410. The van der Waals surface area contributed by atoms with Crippen LogP contribution in [0.3, 0.4) is 0 Å². The normalized spacial score (nSPS) is 11.3. The highest BCUT2D eigenvalue weighted by Gasteiger charge is 2.30. The highest BCUT2D eigenvalue weighted by Crippen LogP contribution is 2.31. The first-order chi connectivity index (χ1) is 15.3. The maximum absolute atomic E-state index is 12.9. The Morgan fingerprint density at radius 1 is 1.03 bits per heavy atom. The predicted octanol–water partition coefficient (Wildman–Crippen LogP) is 3.91. The number of anilines is 2. The van der Waals surface area contributed by atoms with Crippen molar-refractivity contribution in [3.8, 4) is 17.3 Å². The van der Waals surface area contributed by atoms with E-state index in [0.717, 1.165) is 12.1 Å². The van der Waals surface area contributed by atoms with E-state index < -0.39 is 11.7 Å². The quantitative estimate of drug-likeness (QED) is 0.440. The molecule has 0 aliphatic rings. The van der Waals surface area contributed by atoms with Gasteiger partial charge in [-0.05, 0) is 31.2 Å².